The number of aliphatic hydroxyl groups excluding tert-OH is 4. The molecule has 0 saturated heterocycles. The van der Waals surface area contributed by atoms with Gasteiger partial charge in [0, 0.05) is 24.7 Å². The van der Waals surface area contributed by atoms with Crippen LogP contribution in [0.4, 0.5) is 0 Å². The largest absolute Gasteiger partial charge is 0.396 e. The Morgan fingerprint density at radius 3 is 1.47 bits per heavy atom. The van der Waals surface area contributed by atoms with Crippen LogP contribution in [0.3, 0.4) is 0 Å². The number of aliphatic hydroxyl groups is 4. The van der Waals surface area contributed by atoms with Crippen LogP contribution in [0.5, 0.6) is 0 Å². The Balaban J connectivity index is 3.68. The number of halogens is 2. The number of alkyl halides is 2. The SMILES string of the molecule is OCCC(Cl)C(O)CSCC(O)C(Cl)CCO. The normalized spacial score (nSPS) is 18.7. The Labute approximate surface area is 116 Å². The van der Waals surface area contributed by atoms with E-state index < -0.39 is 23.0 Å². The molecule has 4 atom stereocenters. The van der Waals surface area contributed by atoms with Gasteiger partial charge in [-0.05, 0) is 12.8 Å². The molecule has 0 spiro atoms. The van der Waals surface area contributed by atoms with Crippen molar-refractivity contribution in [1.82, 2.24) is 0 Å². The zero-order valence-electron chi connectivity index (χ0n) is 9.51. The molecule has 4 N–H and O–H groups in total. The van der Waals surface area contributed by atoms with Gasteiger partial charge in [-0.2, -0.15) is 11.8 Å². The van der Waals surface area contributed by atoms with E-state index >= 15 is 0 Å². The van der Waals surface area contributed by atoms with E-state index in [1.54, 1.807) is 0 Å². The van der Waals surface area contributed by atoms with E-state index in [1.165, 1.54) is 11.8 Å². The molecule has 0 bridgehead atoms. The van der Waals surface area contributed by atoms with Gasteiger partial charge >= 0.3 is 0 Å². The molecule has 7 heteroatoms. The summed E-state index contributed by atoms with van der Waals surface area (Å²) in [5.74, 6) is 0.766. The van der Waals surface area contributed by atoms with Crippen molar-refractivity contribution in [1.29, 1.82) is 0 Å². The Morgan fingerprint density at radius 2 is 1.18 bits per heavy atom. The third-order valence-corrected chi connectivity index (χ3v) is 4.39. The van der Waals surface area contributed by atoms with Crippen molar-refractivity contribution in [2.75, 3.05) is 24.7 Å². The molecule has 0 aromatic rings. The number of hydrogen-bond acceptors (Lipinski definition) is 5. The molecule has 0 radical (unpaired) electrons. The van der Waals surface area contributed by atoms with Crippen molar-refractivity contribution < 1.29 is 20.4 Å². The Hall–Kier alpha value is 0.770. The van der Waals surface area contributed by atoms with E-state index in [-0.39, 0.29) is 13.2 Å². The molecule has 104 valence electrons. The zero-order valence-corrected chi connectivity index (χ0v) is 11.8. The molecule has 0 heterocycles. The van der Waals surface area contributed by atoms with Crippen molar-refractivity contribution in [2.24, 2.45) is 0 Å². The molecule has 0 aliphatic carbocycles. The Morgan fingerprint density at radius 1 is 0.824 bits per heavy atom. The van der Waals surface area contributed by atoms with Crippen molar-refractivity contribution in [3.8, 4) is 0 Å². The average Bonchev–Trinajstić information content (AvgIpc) is 2.29. The number of rotatable bonds is 10. The lowest BCUT2D eigenvalue weighted by atomic mass is 10.2. The Bertz CT molecular complexity index is 170. The van der Waals surface area contributed by atoms with E-state index in [1.807, 2.05) is 0 Å². The van der Waals surface area contributed by atoms with Gasteiger partial charge in [0.2, 0.25) is 0 Å². The molecule has 4 nitrogen and oxygen atoms in total. The molecule has 0 aliphatic rings. The number of thioether (sulfide) groups is 1. The first-order valence-corrected chi connectivity index (χ1v) is 7.49. The Kier molecular flexibility index (Phi) is 11.2. The first-order valence-electron chi connectivity index (χ1n) is 5.46. The van der Waals surface area contributed by atoms with Gasteiger partial charge in [-0.1, -0.05) is 0 Å². The monoisotopic (exact) mass is 306 g/mol. The summed E-state index contributed by atoms with van der Waals surface area (Å²) >= 11 is 13.0. The van der Waals surface area contributed by atoms with E-state index in [9.17, 15) is 10.2 Å². The average molecular weight is 307 g/mol. The fourth-order valence-electron chi connectivity index (χ4n) is 1.15. The van der Waals surface area contributed by atoms with Crippen LogP contribution in [0.2, 0.25) is 0 Å². The second kappa shape index (κ2) is 10.7. The molecule has 4 unspecified atom stereocenters. The molecule has 0 fully saturated rings. The van der Waals surface area contributed by atoms with Gasteiger partial charge in [0.05, 0.1) is 23.0 Å². The van der Waals surface area contributed by atoms with Crippen molar-refractivity contribution in [2.45, 2.75) is 35.8 Å². The molecule has 0 aliphatic heterocycles. The highest BCUT2D eigenvalue weighted by Gasteiger charge is 2.19. The third kappa shape index (κ3) is 8.48. The van der Waals surface area contributed by atoms with Crippen LogP contribution in [0, 0.1) is 0 Å². The first-order chi connectivity index (χ1) is 8.02. The van der Waals surface area contributed by atoms with Gasteiger partial charge < -0.3 is 20.4 Å². The lowest BCUT2D eigenvalue weighted by Crippen LogP contribution is -2.28. The van der Waals surface area contributed by atoms with E-state index in [0.717, 1.165) is 0 Å². The summed E-state index contributed by atoms with van der Waals surface area (Å²) in [6.07, 6.45) is -0.747. The summed E-state index contributed by atoms with van der Waals surface area (Å²) in [5, 5.41) is 35.5. The van der Waals surface area contributed by atoms with Gasteiger partial charge in [0.1, 0.15) is 0 Å². The molecule has 17 heavy (non-hydrogen) atoms. The van der Waals surface area contributed by atoms with Crippen molar-refractivity contribution >= 4 is 35.0 Å². The topological polar surface area (TPSA) is 80.9 Å². The number of hydrogen-bond donors (Lipinski definition) is 4. The predicted molar refractivity (Wildman–Crippen MR) is 72.0 cm³/mol. The zero-order chi connectivity index (χ0) is 13.3. The smallest absolute Gasteiger partial charge is 0.0794 e. The van der Waals surface area contributed by atoms with Gasteiger partial charge in [-0.15, -0.1) is 23.2 Å². The van der Waals surface area contributed by atoms with Crippen molar-refractivity contribution in [3.63, 3.8) is 0 Å². The minimum Gasteiger partial charge on any atom is -0.396 e. The predicted octanol–water partition coefficient (Wildman–Crippen LogP) is 0.421. The maximum absolute atomic E-state index is 9.59. The van der Waals surface area contributed by atoms with E-state index in [2.05, 4.69) is 0 Å². The summed E-state index contributed by atoms with van der Waals surface area (Å²) in [5.41, 5.74) is 0. The van der Waals surface area contributed by atoms with Gasteiger partial charge in [-0.25, -0.2) is 0 Å². The highest BCUT2D eigenvalue weighted by molar-refractivity contribution is 7.99. The fourth-order valence-corrected chi connectivity index (χ4v) is 2.82. The maximum Gasteiger partial charge on any atom is 0.0794 e. The summed E-state index contributed by atoms with van der Waals surface area (Å²) in [4.78, 5) is 0. The van der Waals surface area contributed by atoms with Crippen molar-refractivity contribution in [3.05, 3.63) is 0 Å². The van der Waals surface area contributed by atoms with Crippen LogP contribution < -0.4 is 0 Å². The second-order valence-corrected chi connectivity index (χ2v) is 5.92. The van der Waals surface area contributed by atoms with Gasteiger partial charge in [0.15, 0.2) is 0 Å². The fraction of sp³-hybridized carbons (Fsp3) is 1.00. The molecule has 0 aromatic heterocycles. The van der Waals surface area contributed by atoms with Gasteiger partial charge in [-0.3, -0.25) is 0 Å². The molecule has 0 amide bonds. The first kappa shape index (κ1) is 17.8. The van der Waals surface area contributed by atoms with Gasteiger partial charge in [0.25, 0.3) is 0 Å². The highest BCUT2D eigenvalue weighted by atomic mass is 35.5. The minimum absolute atomic E-state index is 0.0568. The van der Waals surface area contributed by atoms with E-state index in [0.29, 0.717) is 24.3 Å². The molecule has 0 rings (SSSR count). The summed E-state index contributed by atoms with van der Waals surface area (Å²) in [7, 11) is 0. The second-order valence-electron chi connectivity index (χ2n) is 3.73. The standard InChI is InChI=1S/C10H20Cl2O4S/c11-7(1-3-13)9(15)5-17-6-10(16)8(12)2-4-14/h7-10,13-16H,1-6H2. The lowest BCUT2D eigenvalue weighted by Gasteiger charge is -2.18. The summed E-state index contributed by atoms with van der Waals surface area (Å²) < 4.78 is 0. The van der Waals surface area contributed by atoms with E-state index in [4.69, 9.17) is 33.4 Å². The highest BCUT2D eigenvalue weighted by Crippen LogP contribution is 2.17. The van der Waals surface area contributed by atoms with Crippen LogP contribution in [0.25, 0.3) is 0 Å². The molecular formula is C10H20Cl2O4S. The van der Waals surface area contributed by atoms with Crippen LogP contribution in [-0.2, 0) is 0 Å². The van der Waals surface area contributed by atoms with Crippen LogP contribution in [0.1, 0.15) is 12.8 Å². The summed E-state index contributed by atoms with van der Waals surface area (Å²) in [6.45, 7) is -0.114. The third-order valence-electron chi connectivity index (χ3n) is 2.22. The maximum atomic E-state index is 9.59. The van der Waals surface area contributed by atoms with Crippen LogP contribution in [-0.4, -0.2) is 68.1 Å². The molecule has 0 aromatic carbocycles. The molecular weight excluding hydrogens is 287 g/mol. The molecule has 0 saturated carbocycles. The van der Waals surface area contributed by atoms with Crippen LogP contribution >= 0.6 is 35.0 Å². The van der Waals surface area contributed by atoms with Crippen LogP contribution in [0.15, 0.2) is 0 Å². The summed E-state index contributed by atoms with van der Waals surface area (Å²) in [6, 6.07) is 0. The lowest BCUT2D eigenvalue weighted by molar-refractivity contribution is 0.170. The minimum atomic E-state index is -0.715. The quantitative estimate of drug-likeness (QED) is 0.440.